The Hall–Kier alpha value is -2.37. The van der Waals surface area contributed by atoms with E-state index in [0.717, 1.165) is 19.3 Å². The fourth-order valence-corrected chi connectivity index (χ4v) is 5.37. The zero-order valence-electron chi connectivity index (χ0n) is 18.8. The Balaban J connectivity index is 1.89. The maximum absolute atomic E-state index is 13.1. The van der Waals surface area contributed by atoms with Gasteiger partial charge < -0.3 is 24.4 Å². The van der Waals surface area contributed by atoms with E-state index in [-0.39, 0.29) is 41.0 Å². The van der Waals surface area contributed by atoms with Gasteiger partial charge in [-0.3, -0.25) is 9.59 Å². The SMILES string of the molecule is COc1cc(S(=O)(=O)N2CCOCC2)cc(C(=O)N[C@@H](C)C(=O)N2CCCCC2)c1OC. The molecule has 0 spiro atoms. The standard InChI is InChI=1S/C21H31N3O7S/c1-15(21(26)23-7-5-4-6-8-23)22-20(25)17-13-16(14-18(29-2)19(17)30-3)32(27,28)24-9-11-31-12-10-24/h13-15H,4-12H2,1-3H3,(H,22,25)/t15-/m0/s1. The van der Waals surface area contributed by atoms with Crippen molar-refractivity contribution in [1.29, 1.82) is 0 Å². The summed E-state index contributed by atoms with van der Waals surface area (Å²) >= 11 is 0. The lowest BCUT2D eigenvalue weighted by molar-refractivity contribution is -0.133. The van der Waals surface area contributed by atoms with Gasteiger partial charge in [0, 0.05) is 32.2 Å². The van der Waals surface area contributed by atoms with Crippen LogP contribution in [-0.4, -0.2) is 89.1 Å². The normalized spacial score (nSPS) is 18.7. The van der Waals surface area contributed by atoms with Crippen molar-refractivity contribution in [2.24, 2.45) is 0 Å². The van der Waals surface area contributed by atoms with E-state index in [4.69, 9.17) is 14.2 Å². The first-order chi connectivity index (χ1) is 15.3. The average molecular weight is 470 g/mol. The van der Waals surface area contributed by atoms with E-state index in [9.17, 15) is 18.0 Å². The van der Waals surface area contributed by atoms with Gasteiger partial charge in [-0.2, -0.15) is 4.31 Å². The summed E-state index contributed by atoms with van der Waals surface area (Å²) in [6.45, 7) is 4.00. The Morgan fingerprint density at radius 2 is 1.69 bits per heavy atom. The molecule has 0 unspecified atom stereocenters. The fourth-order valence-electron chi connectivity index (χ4n) is 3.92. The molecule has 0 aromatic heterocycles. The number of benzene rings is 1. The maximum atomic E-state index is 13.1. The maximum Gasteiger partial charge on any atom is 0.255 e. The van der Waals surface area contributed by atoms with Crippen LogP contribution in [0.3, 0.4) is 0 Å². The van der Waals surface area contributed by atoms with Crippen molar-refractivity contribution >= 4 is 21.8 Å². The molecular weight excluding hydrogens is 438 g/mol. The van der Waals surface area contributed by atoms with Gasteiger partial charge in [-0.15, -0.1) is 0 Å². The van der Waals surface area contributed by atoms with Gasteiger partial charge in [0.2, 0.25) is 15.9 Å². The number of amides is 2. The van der Waals surface area contributed by atoms with Crippen molar-refractivity contribution in [1.82, 2.24) is 14.5 Å². The van der Waals surface area contributed by atoms with Crippen molar-refractivity contribution in [3.8, 4) is 11.5 Å². The third-order valence-electron chi connectivity index (χ3n) is 5.69. The van der Waals surface area contributed by atoms with E-state index in [1.54, 1.807) is 11.8 Å². The number of carbonyl (C=O) groups excluding carboxylic acids is 2. The lowest BCUT2D eigenvalue weighted by Crippen LogP contribution is -2.48. The molecule has 2 aliphatic rings. The molecule has 178 valence electrons. The predicted octanol–water partition coefficient (Wildman–Crippen LogP) is 0.856. The number of carbonyl (C=O) groups is 2. The Morgan fingerprint density at radius 3 is 2.28 bits per heavy atom. The van der Waals surface area contributed by atoms with E-state index in [1.165, 1.54) is 30.7 Å². The molecule has 1 aromatic carbocycles. The first kappa shape index (κ1) is 24.3. The molecule has 0 aliphatic carbocycles. The molecule has 1 aromatic rings. The lowest BCUT2D eigenvalue weighted by atomic mass is 10.1. The van der Waals surface area contributed by atoms with Gasteiger partial charge in [0.15, 0.2) is 11.5 Å². The zero-order chi connectivity index (χ0) is 23.3. The van der Waals surface area contributed by atoms with Gasteiger partial charge in [0.25, 0.3) is 5.91 Å². The summed E-state index contributed by atoms with van der Waals surface area (Å²) in [4.78, 5) is 27.5. The number of piperidine rings is 1. The van der Waals surface area contributed by atoms with Crippen molar-refractivity contribution in [2.45, 2.75) is 37.1 Å². The summed E-state index contributed by atoms with van der Waals surface area (Å²) in [6, 6.07) is 1.83. The number of hydrogen-bond donors (Lipinski definition) is 1. The molecule has 2 amide bonds. The topological polar surface area (TPSA) is 114 Å². The molecule has 2 saturated heterocycles. The number of likely N-dealkylation sites (tertiary alicyclic amines) is 1. The number of hydrogen-bond acceptors (Lipinski definition) is 7. The van der Waals surface area contributed by atoms with Gasteiger partial charge in [-0.1, -0.05) is 0 Å². The highest BCUT2D eigenvalue weighted by atomic mass is 32.2. The number of nitrogens with one attached hydrogen (secondary N) is 1. The van der Waals surface area contributed by atoms with Crippen LogP contribution < -0.4 is 14.8 Å². The predicted molar refractivity (Wildman–Crippen MR) is 116 cm³/mol. The number of rotatable bonds is 7. The van der Waals surface area contributed by atoms with Crippen molar-refractivity contribution in [3.63, 3.8) is 0 Å². The van der Waals surface area contributed by atoms with Crippen LogP contribution in [-0.2, 0) is 19.6 Å². The van der Waals surface area contributed by atoms with Gasteiger partial charge in [-0.05, 0) is 32.3 Å². The molecule has 0 radical (unpaired) electrons. The average Bonchev–Trinajstić information content (AvgIpc) is 2.83. The van der Waals surface area contributed by atoms with Crippen LogP contribution in [0.1, 0.15) is 36.5 Å². The fraction of sp³-hybridized carbons (Fsp3) is 0.619. The molecule has 32 heavy (non-hydrogen) atoms. The van der Waals surface area contributed by atoms with Crippen LogP contribution in [0.15, 0.2) is 17.0 Å². The molecule has 0 bridgehead atoms. The second kappa shape index (κ2) is 10.5. The molecule has 2 heterocycles. The highest BCUT2D eigenvalue weighted by Gasteiger charge is 2.31. The molecule has 2 aliphatic heterocycles. The van der Waals surface area contributed by atoms with Crippen molar-refractivity contribution in [3.05, 3.63) is 17.7 Å². The second-order valence-electron chi connectivity index (χ2n) is 7.80. The minimum absolute atomic E-state index is 0.0167. The molecule has 1 N–H and O–H groups in total. The third kappa shape index (κ3) is 5.16. The van der Waals surface area contributed by atoms with E-state index in [0.29, 0.717) is 26.3 Å². The summed E-state index contributed by atoms with van der Waals surface area (Å²) in [7, 11) is -1.14. The van der Waals surface area contributed by atoms with Crippen molar-refractivity contribution in [2.75, 3.05) is 53.6 Å². The monoisotopic (exact) mass is 469 g/mol. The molecule has 11 heteroatoms. The number of morpholine rings is 1. The summed E-state index contributed by atoms with van der Waals surface area (Å²) < 4.78 is 43.5. The van der Waals surface area contributed by atoms with E-state index in [2.05, 4.69) is 5.32 Å². The summed E-state index contributed by atoms with van der Waals surface area (Å²) in [5, 5.41) is 2.68. The highest BCUT2D eigenvalue weighted by molar-refractivity contribution is 7.89. The van der Waals surface area contributed by atoms with Gasteiger partial charge >= 0.3 is 0 Å². The minimum Gasteiger partial charge on any atom is -0.493 e. The van der Waals surface area contributed by atoms with Crippen LogP contribution in [0, 0.1) is 0 Å². The van der Waals surface area contributed by atoms with Crippen LogP contribution >= 0.6 is 0 Å². The van der Waals surface area contributed by atoms with Crippen LogP contribution in [0.4, 0.5) is 0 Å². The van der Waals surface area contributed by atoms with E-state index < -0.39 is 22.0 Å². The first-order valence-electron chi connectivity index (χ1n) is 10.7. The summed E-state index contributed by atoms with van der Waals surface area (Å²) in [6.07, 6.45) is 2.98. The molecule has 3 rings (SSSR count). The van der Waals surface area contributed by atoms with E-state index in [1.807, 2.05) is 0 Å². The third-order valence-corrected chi connectivity index (χ3v) is 7.57. The Labute approximate surface area is 188 Å². The molecule has 2 fully saturated rings. The van der Waals surface area contributed by atoms with E-state index >= 15 is 0 Å². The summed E-state index contributed by atoms with van der Waals surface area (Å²) in [5.74, 6) is -0.566. The minimum atomic E-state index is -3.87. The Bertz CT molecular complexity index is 939. The van der Waals surface area contributed by atoms with Crippen LogP contribution in [0.25, 0.3) is 0 Å². The Kier molecular flexibility index (Phi) is 7.96. The van der Waals surface area contributed by atoms with Crippen molar-refractivity contribution < 1.29 is 32.2 Å². The largest absolute Gasteiger partial charge is 0.493 e. The first-order valence-corrected chi connectivity index (χ1v) is 12.2. The number of nitrogens with zero attached hydrogens (tertiary/aromatic N) is 2. The quantitative estimate of drug-likeness (QED) is 0.630. The van der Waals surface area contributed by atoms with Gasteiger partial charge in [-0.25, -0.2) is 8.42 Å². The Morgan fingerprint density at radius 1 is 1.03 bits per heavy atom. The number of sulfonamides is 1. The zero-order valence-corrected chi connectivity index (χ0v) is 19.6. The van der Waals surface area contributed by atoms with Gasteiger partial charge in [0.05, 0.1) is 37.9 Å². The molecule has 1 atom stereocenters. The molecule has 0 saturated carbocycles. The summed E-state index contributed by atoms with van der Waals surface area (Å²) in [5.41, 5.74) is -0.0167. The number of ether oxygens (including phenoxy) is 3. The molecule has 10 nitrogen and oxygen atoms in total. The second-order valence-corrected chi connectivity index (χ2v) is 9.74. The smallest absolute Gasteiger partial charge is 0.255 e. The van der Waals surface area contributed by atoms with Crippen LogP contribution in [0.5, 0.6) is 11.5 Å². The number of methoxy groups -OCH3 is 2. The lowest BCUT2D eigenvalue weighted by Gasteiger charge is -2.29. The molecular formula is C21H31N3O7S. The van der Waals surface area contributed by atoms with Crippen LogP contribution in [0.2, 0.25) is 0 Å². The highest BCUT2D eigenvalue weighted by Crippen LogP contribution is 2.35. The van der Waals surface area contributed by atoms with Gasteiger partial charge in [0.1, 0.15) is 6.04 Å².